The number of rotatable bonds is 4. The molecule has 3 heterocycles. The van der Waals surface area contributed by atoms with Crippen LogP contribution < -0.4 is 15.5 Å². The van der Waals surface area contributed by atoms with Crippen LogP contribution in [0, 0.1) is 0 Å². The van der Waals surface area contributed by atoms with Gasteiger partial charge in [-0.15, -0.1) is 0 Å². The summed E-state index contributed by atoms with van der Waals surface area (Å²) in [6.45, 7) is 4.71. The normalized spacial score (nSPS) is 22.2. The predicted octanol–water partition coefficient (Wildman–Crippen LogP) is 0.452. The van der Waals surface area contributed by atoms with E-state index in [0.717, 1.165) is 51.9 Å². The Kier molecular flexibility index (Phi) is 5.76. The summed E-state index contributed by atoms with van der Waals surface area (Å²) in [6, 6.07) is 0.182. The zero-order valence-electron chi connectivity index (χ0n) is 15.4. The summed E-state index contributed by atoms with van der Waals surface area (Å²) in [5.41, 5.74) is 0.633. The minimum absolute atomic E-state index is 0.00992. The van der Waals surface area contributed by atoms with E-state index < -0.39 is 9.84 Å². The summed E-state index contributed by atoms with van der Waals surface area (Å²) >= 11 is 0. The Morgan fingerprint density at radius 2 is 2.04 bits per heavy atom. The molecule has 9 heteroatoms. The van der Waals surface area contributed by atoms with Crippen molar-refractivity contribution in [2.75, 3.05) is 37.3 Å². The van der Waals surface area contributed by atoms with Crippen molar-refractivity contribution in [1.29, 1.82) is 0 Å². The smallest absolute Gasteiger partial charge is 0.225 e. The minimum Gasteiger partial charge on any atom is -0.353 e. The van der Waals surface area contributed by atoms with Crippen molar-refractivity contribution in [3.63, 3.8) is 0 Å². The van der Waals surface area contributed by atoms with Gasteiger partial charge < -0.3 is 15.5 Å². The molecule has 0 saturated carbocycles. The van der Waals surface area contributed by atoms with Gasteiger partial charge in [-0.05, 0) is 32.2 Å². The van der Waals surface area contributed by atoms with Crippen LogP contribution >= 0.6 is 0 Å². The van der Waals surface area contributed by atoms with E-state index in [4.69, 9.17) is 0 Å². The van der Waals surface area contributed by atoms with Gasteiger partial charge in [0.1, 0.15) is 4.90 Å². The fourth-order valence-electron chi connectivity index (χ4n) is 3.70. The highest BCUT2D eigenvalue weighted by Crippen LogP contribution is 2.29. The average molecular weight is 382 g/mol. The molecule has 0 bridgehead atoms. The Labute approximate surface area is 154 Å². The van der Waals surface area contributed by atoms with E-state index in [0.29, 0.717) is 11.6 Å². The Bertz CT molecular complexity index is 754. The first-order valence-electron chi connectivity index (χ1n) is 9.14. The van der Waals surface area contributed by atoms with Crippen molar-refractivity contribution in [2.45, 2.75) is 49.5 Å². The topological polar surface area (TPSA) is 104 Å². The van der Waals surface area contributed by atoms with Gasteiger partial charge in [0, 0.05) is 44.8 Å². The van der Waals surface area contributed by atoms with E-state index in [-0.39, 0.29) is 22.8 Å². The Morgan fingerprint density at radius 1 is 1.31 bits per heavy atom. The summed E-state index contributed by atoms with van der Waals surface area (Å²) in [7, 11) is -3.37. The Hall–Kier alpha value is -1.74. The van der Waals surface area contributed by atoms with Crippen LogP contribution in [0.4, 0.5) is 5.95 Å². The van der Waals surface area contributed by atoms with Crippen LogP contribution in [0.3, 0.4) is 0 Å². The maximum absolute atomic E-state index is 12.2. The average Bonchev–Trinajstić information content (AvgIpc) is 2.61. The number of piperidine rings is 2. The van der Waals surface area contributed by atoms with Crippen molar-refractivity contribution in [1.82, 2.24) is 20.6 Å². The Balaban J connectivity index is 1.82. The summed E-state index contributed by atoms with van der Waals surface area (Å²) in [6.07, 6.45) is 6.27. The summed E-state index contributed by atoms with van der Waals surface area (Å²) < 4.78 is 24.4. The highest BCUT2D eigenvalue weighted by atomic mass is 32.2. The molecule has 0 aliphatic carbocycles. The van der Waals surface area contributed by atoms with E-state index in [9.17, 15) is 13.2 Å². The van der Waals surface area contributed by atoms with Gasteiger partial charge in [0.25, 0.3) is 0 Å². The summed E-state index contributed by atoms with van der Waals surface area (Å²) in [4.78, 5) is 22.5. The maximum atomic E-state index is 12.2. The number of carbonyl (C=O) groups excluding carboxylic acids is 1. The number of nitrogens with one attached hydrogen (secondary N) is 2. The molecule has 26 heavy (non-hydrogen) atoms. The molecule has 2 aliphatic heterocycles. The summed E-state index contributed by atoms with van der Waals surface area (Å²) in [5.74, 6) is 0.663. The van der Waals surface area contributed by atoms with Gasteiger partial charge >= 0.3 is 0 Å². The van der Waals surface area contributed by atoms with Gasteiger partial charge in [-0.2, -0.15) is 0 Å². The van der Waals surface area contributed by atoms with Crippen LogP contribution in [0.2, 0.25) is 0 Å². The fraction of sp³-hybridized carbons (Fsp3) is 0.706. The maximum Gasteiger partial charge on any atom is 0.225 e. The lowest BCUT2D eigenvalue weighted by atomic mass is 9.96. The highest BCUT2D eigenvalue weighted by Gasteiger charge is 2.27. The van der Waals surface area contributed by atoms with Gasteiger partial charge in [-0.25, -0.2) is 18.4 Å². The fourth-order valence-corrected chi connectivity index (χ4v) is 4.54. The van der Waals surface area contributed by atoms with Crippen LogP contribution in [-0.2, 0) is 14.6 Å². The molecule has 0 radical (unpaired) electrons. The van der Waals surface area contributed by atoms with E-state index in [1.54, 1.807) is 0 Å². The monoisotopic (exact) mass is 381 g/mol. The molecular formula is C17H27N5O3S. The second-order valence-corrected chi connectivity index (χ2v) is 9.18. The molecule has 8 nitrogen and oxygen atoms in total. The second-order valence-electron chi connectivity index (χ2n) is 7.20. The van der Waals surface area contributed by atoms with Crippen molar-refractivity contribution < 1.29 is 13.2 Å². The standard InChI is InChI=1S/C17H27N5O3S/c1-12(23)20-14-5-8-22(9-6-14)17-19-11-15(26(2,24)25)16(21-17)13-4-3-7-18-10-13/h11,13-14,18H,3-10H2,1-2H3,(H,20,23). The number of aromatic nitrogens is 2. The first-order chi connectivity index (χ1) is 12.3. The first kappa shape index (κ1) is 19.0. The lowest BCUT2D eigenvalue weighted by Gasteiger charge is -2.33. The van der Waals surface area contributed by atoms with Crippen LogP contribution in [0.5, 0.6) is 0 Å². The van der Waals surface area contributed by atoms with Gasteiger partial charge in [0.15, 0.2) is 9.84 Å². The molecule has 0 spiro atoms. The third-order valence-electron chi connectivity index (χ3n) is 5.04. The molecule has 1 amide bonds. The molecule has 2 saturated heterocycles. The molecule has 2 N–H and O–H groups in total. The Morgan fingerprint density at radius 3 is 2.62 bits per heavy atom. The van der Waals surface area contributed by atoms with Gasteiger partial charge in [-0.3, -0.25) is 4.79 Å². The molecule has 1 aromatic heterocycles. The molecule has 144 valence electrons. The molecule has 1 atom stereocenters. The third-order valence-corrected chi connectivity index (χ3v) is 6.15. The number of anilines is 1. The number of nitrogens with zero attached hydrogens (tertiary/aromatic N) is 3. The zero-order chi connectivity index (χ0) is 18.7. The minimum atomic E-state index is -3.37. The largest absolute Gasteiger partial charge is 0.353 e. The van der Waals surface area contributed by atoms with Crippen molar-refractivity contribution in [3.05, 3.63) is 11.9 Å². The molecule has 2 fully saturated rings. The highest BCUT2D eigenvalue weighted by molar-refractivity contribution is 7.90. The molecular weight excluding hydrogens is 354 g/mol. The van der Waals surface area contributed by atoms with Gasteiger partial charge in [0.05, 0.1) is 11.9 Å². The molecule has 1 aromatic rings. The first-order valence-corrected chi connectivity index (χ1v) is 11.0. The quantitative estimate of drug-likeness (QED) is 0.780. The SMILES string of the molecule is CC(=O)NC1CCN(c2ncc(S(C)(=O)=O)c(C3CCCNC3)n2)CC1. The van der Waals surface area contributed by atoms with Crippen LogP contribution in [0.1, 0.15) is 44.2 Å². The molecule has 2 aliphatic rings. The number of sulfone groups is 1. The predicted molar refractivity (Wildman–Crippen MR) is 99.0 cm³/mol. The molecule has 0 aromatic carbocycles. The van der Waals surface area contributed by atoms with Gasteiger partial charge in [0.2, 0.25) is 11.9 Å². The van der Waals surface area contributed by atoms with Crippen molar-refractivity contribution in [3.8, 4) is 0 Å². The van der Waals surface area contributed by atoms with E-state index in [2.05, 4.69) is 25.5 Å². The summed E-state index contributed by atoms with van der Waals surface area (Å²) in [5, 5.41) is 6.28. The second kappa shape index (κ2) is 7.87. The number of carbonyl (C=O) groups is 1. The molecule has 3 rings (SSSR count). The van der Waals surface area contributed by atoms with E-state index in [1.807, 2.05) is 0 Å². The zero-order valence-corrected chi connectivity index (χ0v) is 16.2. The number of amides is 1. The lowest BCUT2D eigenvalue weighted by molar-refractivity contribution is -0.119. The van der Waals surface area contributed by atoms with Crippen molar-refractivity contribution in [2.24, 2.45) is 0 Å². The van der Waals surface area contributed by atoms with Crippen LogP contribution in [0.15, 0.2) is 11.1 Å². The third kappa shape index (κ3) is 4.50. The van der Waals surface area contributed by atoms with Crippen LogP contribution in [-0.4, -0.2) is 62.8 Å². The van der Waals surface area contributed by atoms with Crippen LogP contribution in [0.25, 0.3) is 0 Å². The molecule has 1 unspecified atom stereocenters. The lowest BCUT2D eigenvalue weighted by Crippen LogP contribution is -2.44. The van der Waals surface area contributed by atoms with Crippen molar-refractivity contribution >= 4 is 21.7 Å². The number of hydrogen-bond donors (Lipinski definition) is 2. The van der Waals surface area contributed by atoms with Gasteiger partial charge in [-0.1, -0.05) is 0 Å². The number of hydrogen-bond acceptors (Lipinski definition) is 7. The van der Waals surface area contributed by atoms with E-state index >= 15 is 0 Å². The van der Waals surface area contributed by atoms with E-state index in [1.165, 1.54) is 19.4 Å².